The van der Waals surface area contributed by atoms with E-state index in [9.17, 15) is 0 Å². The van der Waals surface area contributed by atoms with Gasteiger partial charge in [0.05, 0.1) is 0 Å². The minimum absolute atomic E-state index is 0.121. The molecule has 0 aromatic carbocycles. The molecule has 2 rings (SSSR count). The molecule has 3 N–H and O–H groups in total. The van der Waals surface area contributed by atoms with Crippen molar-refractivity contribution in [1.29, 1.82) is 0 Å². The molecule has 0 amide bonds. The Hall–Kier alpha value is -1.78. The van der Waals surface area contributed by atoms with Crippen molar-refractivity contribution in [3.8, 4) is 0 Å². The molecular weight excluding hydrogens is 204 g/mol. The first kappa shape index (κ1) is 10.7. The maximum Gasteiger partial charge on any atom is 0.170 e. The van der Waals surface area contributed by atoms with Crippen LogP contribution >= 0.6 is 0 Å². The Morgan fingerprint density at radius 1 is 1.56 bits per heavy atom. The topological polar surface area (TPSA) is 74.7 Å². The number of pyridine rings is 1. The molecule has 0 bridgehead atoms. The summed E-state index contributed by atoms with van der Waals surface area (Å²) in [5.41, 5.74) is 7.15. The van der Waals surface area contributed by atoms with E-state index in [1.165, 1.54) is 12.8 Å². The molecule has 1 aromatic heterocycles. The molecule has 0 atom stereocenters. The SMILES string of the molecule is Cc1cc(/C(N)=N/O)cc(N(C)C2CC2)n1. The molecule has 0 radical (unpaired) electrons. The highest BCUT2D eigenvalue weighted by atomic mass is 16.4. The summed E-state index contributed by atoms with van der Waals surface area (Å²) in [6.45, 7) is 1.90. The highest BCUT2D eigenvalue weighted by molar-refractivity contribution is 5.97. The number of nitrogens with two attached hydrogens (primary N) is 1. The molecule has 1 aliphatic rings. The Kier molecular flexibility index (Phi) is 2.68. The average molecular weight is 220 g/mol. The summed E-state index contributed by atoms with van der Waals surface area (Å²) >= 11 is 0. The highest BCUT2D eigenvalue weighted by Crippen LogP contribution is 2.29. The number of oxime groups is 1. The van der Waals surface area contributed by atoms with E-state index >= 15 is 0 Å². The second-order valence-corrected chi connectivity index (χ2v) is 4.18. The van der Waals surface area contributed by atoms with Crippen molar-refractivity contribution in [3.63, 3.8) is 0 Å². The van der Waals surface area contributed by atoms with Crippen molar-refractivity contribution in [2.24, 2.45) is 10.9 Å². The first-order valence-corrected chi connectivity index (χ1v) is 5.31. The fraction of sp³-hybridized carbons (Fsp3) is 0.455. The normalized spacial score (nSPS) is 16.2. The minimum Gasteiger partial charge on any atom is -0.409 e. The maximum absolute atomic E-state index is 8.66. The van der Waals surface area contributed by atoms with E-state index in [-0.39, 0.29) is 5.84 Å². The number of hydrogen-bond acceptors (Lipinski definition) is 4. The van der Waals surface area contributed by atoms with E-state index in [4.69, 9.17) is 10.9 Å². The molecule has 0 aliphatic heterocycles. The van der Waals surface area contributed by atoms with Crippen LogP contribution in [0.4, 0.5) is 5.82 Å². The average Bonchev–Trinajstić information content (AvgIpc) is 3.10. The van der Waals surface area contributed by atoms with Crippen LogP contribution in [0, 0.1) is 6.92 Å². The molecule has 1 fully saturated rings. The molecule has 16 heavy (non-hydrogen) atoms. The van der Waals surface area contributed by atoms with Crippen molar-refractivity contribution in [3.05, 3.63) is 23.4 Å². The van der Waals surface area contributed by atoms with Gasteiger partial charge in [-0.15, -0.1) is 0 Å². The standard InChI is InChI=1S/C11H16N4O/c1-7-5-8(11(12)14-16)6-10(13-7)15(2)9-3-4-9/h5-6,9,16H,3-4H2,1-2H3,(H2,12,14). The molecule has 86 valence electrons. The van der Waals surface area contributed by atoms with E-state index in [1.54, 1.807) is 6.07 Å². The van der Waals surface area contributed by atoms with Crippen molar-refractivity contribution in [2.75, 3.05) is 11.9 Å². The van der Waals surface area contributed by atoms with Gasteiger partial charge in [-0.1, -0.05) is 5.16 Å². The third kappa shape index (κ3) is 2.08. The number of anilines is 1. The number of amidine groups is 1. The number of hydrogen-bond donors (Lipinski definition) is 2. The number of aryl methyl sites for hydroxylation is 1. The highest BCUT2D eigenvalue weighted by Gasteiger charge is 2.27. The van der Waals surface area contributed by atoms with E-state index in [1.807, 2.05) is 20.0 Å². The van der Waals surface area contributed by atoms with Crippen LogP contribution in [0.1, 0.15) is 24.1 Å². The van der Waals surface area contributed by atoms with Crippen molar-refractivity contribution in [2.45, 2.75) is 25.8 Å². The summed E-state index contributed by atoms with van der Waals surface area (Å²) < 4.78 is 0. The molecule has 5 nitrogen and oxygen atoms in total. The summed E-state index contributed by atoms with van der Waals surface area (Å²) in [7, 11) is 2.02. The van der Waals surface area contributed by atoms with Crippen LogP contribution in [-0.4, -0.2) is 29.1 Å². The molecule has 5 heteroatoms. The van der Waals surface area contributed by atoms with Crippen LogP contribution in [0.25, 0.3) is 0 Å². The monoisotopic (exact) mass is 220 g/mol. The first-order chi connectivity index (χ1) is 7.61. The molecule has 0 saturated heterocycles. The van der Waals surface area contributed by atoms with E-state index in [2.05, 4.69) is 15.0 Å². The van der Waals surface area contributed by atoms with Crippen LogP contribution in [0.5, 0.6) is 0 Å². The molecular formula is C11H16N4O. The third-order valence-corrected chi connectivity index (χ3v) is 2.80. The van der Waals surface area contributed by atoms with Gasteiger partial charge < -0.3 is 15.8 Å². The molecule has 1 aliphatic carbocycles. The van der Waals surface area contributed by atoms with Gasteiger partial charge in [-0.25, -0.2) is 4.98 Å². The molecule has 1 aromatic rings. The van der Waals surface area contributed by atoms with Gasteiger partial charge in [0.1, 0.15) is 5.82 Å². The first-order valence-electron chi connectivity index (χ1n) is 5.31. The van der Waals surface area contributed by atoms with Crippen LogP contribution in [0.2, 0.25) is 0 Å². The molecule has 0 spiro atoms. The fourth-order valence-electron chi connectivity index (χ4n) is 1.69. The molecule has 1 saturated carbocycles. The Bertz CT molecular complexity index is 426. The minimum atomic E-state index is 0.121. The summed E-state index contributed by atoms with van der Waals surface area (Å²) in [6.07, 6.45) is 2.43. The Labute approximate surface area is 94.6 Å². The van der Waals surface area contributed by atoms with Crippen LogP contribution < -0.4 is 10.6 Å². The molecule has 1 heterocycles. The lowest BCUT2D eigenvalue weighted by molar-refractivity contribution is 0.318. The largest absolute Gasteiger partial charge is 0.409 e. The number of aromatic nitrogens is 1. The lowest BCUT2D eigenvalue weighted by Crippen LogP contribution is -2.22. The van der Waals surface area contributed by atoms with Gasteiger partial charge in [-0.2, -0.15) is 0 Å². The second-order valence-electron chi connectivity index (χ2n) is 4.18. The quantitative estimate of drug-likeness (QED) is 0.346. The summed E-state index contributed by atoms with van der Waals surface area (Å²) in [6, 6.07) is 4.24. The summed E-state index contributed by atoms with van der Waals surface area (Å²) in [5, 5.41) is 11.7. The predicted octanol–water partition coefficient (Wildman–Crippen LogP) is 1.08. The van der Waals surface area contributed by atoms with Crippen molar-refractivity contribution >= 4 is 11.7 Å². The zero-order chi connectivity index (χ0) is 11.7. The Balaban J connectivity index is 2.34. The zero-order valence-electron chi connectivity index (χ0n) is 9.51. The number of rotatable bonds is 3. The Morgan fingerprint density at radius 2 is 2.25 bits per heavy atom. The summed E-state index contributed by atoms with van der Waals surface area (Å²) in [5.74, 6) is 1.00. The van der Waals surface area contributed by atoms with E-state index in [0.717, 1.165) is 11.5 Å². The van der Waals surface area contributed by atoms with Crippen LogP contribution in [0.3, 0.4) is 0 Å². The van der Waals surface area contributed by atoms with E-state index < -0.39 is 0 Å². The van der Waals surface area contributed by atoms with Crippen molar-refractivity contribution < 1.29 is 5.21 Å². The van der Waals surface area contributed by atoms with Gasteiger partial charge in [0.2, 0.25) is 0 Å². The second kappa shape index (κ2) is 4.00. The van der Waals surface area contributed by atoms with Gasteiger partial charge in [-0.3, -0.25) is 0 Å². The molecule has 0 unspecified atom stereocenters. The van der Waals surface area contributed by atoms with Gasteiger partial charge in [-0.05, 0) is 31.9 Å². The lowest BCUT2D eigenvalue weighted by Gasteiger charge is -2.18. The van der Waals surface area contributed by atoms with Crippen molar-refractivity contribution in [1.82, 2.24) is 4.98 Å². The van der Waals surface area contributed by atoms with E-state index in [0.29, 0.717) is 11.6 Å². The van der Waals surface area contributed by atoms with Gasteiger partial charge >= 0.3 is 0 Å². The number of nitrogens with zero attached hydrogens (tertiary/aromatic N) is 3. The predicted molar refractivity (Wildman–Crippen MR) is 62.9 cm³/mol. The zero-order valence-corrected chi connectivity index (χ0v) is 9.51. The summed E-state index contributed by atoms with van der Waals surface area (Å²) in [4.78, 5) is 6.59. The van der Waals surface area contributed by atoms with Gasteiger partial charge in [0, 0.05) is 24.3 Å². The lowest BCUT2D eigenvalue weighted by atomic mass is 10.2. The smallest absolute Gasteiger partial charge is 0.170 e. The van der Waals surface area contributed by atoms with Gasteiger partial charge in [0.15, 0.2) is 5.84 Å². The third-order valence-electron chi connectivity index (χ3n) is 2.80. The maximum atomic E-state index is 8.66. The fourth-order valence-corrected chi connectivity index (χ4v) is 1.69. The van der Waals surface area contributed by atoms with Crippen LogP contribution in [-0.2, 0) is 0 Å². The van der Waals surface area contributed by atoms with Gasteiger partial charge in [0.25, 0.3) is 0 Å². The Morgan fingerprint density at radius 3 is 2.81 bits per heavy atom. The van der Waals surface area contributed by atoms with Crippen LogP contribution in [0.15, 0.2) is 17.3 Å².